The van der Waals surface area contributed by atoms with Crippen molar-refractivity contribution in [3.8, 4) is 0 Å². The normalized spacial score (nSPS) is 60.7. The second-order valence-corrected chi connectivity index (χ2v) is 13.2. The number of rotatable bonds is 4. The van der Waals surface area contributed by atoms with E-state index in [1.165, 1.54) is 6.92 Å². The van der Waals surface area contributed by atoms with Gasteiger partial charge in [-0.3, -0.25) is 14.5 Å². The molecule has 3 aliphatic heterocycles. The number of piperidine rings is 2. The highest BCUT2D eigenvalue weighted by Crippen LogP contribution is 2.88. The highest BCUT2D eigenvalue weighted by molar-refractivity contribution is 5.72. The monoisotopic (exact) mass is 487 g/mol. The van der Waals surface area contributed by atoms with E-state index in [9.17, 15) is 24.9 Å². The number of carbonyl (C=O) groups excluding carboxylic acids is 2. The van der Waals surface area contributed by atoms with Crippen molar-refractivity contribution in [2.75, 3.05) is 6.54 Å². The van der Waals surface area contributed by atoms with E-state index >= 15 is 0 Å². The van der Waals surface area contributed by atoms with Crippen LogP contribution in [0.3, 0.4) is 0 Å². The van der Waals surface area contributed by atoms with Crippen molar-refractivity contribution in [3.05, 3.63) is 12.2 Å². The standard InChI is InChI=1S/C27H37NO7/c1-6-11(2)22(32)35-15-9-26-18-14-8-25-7-12(3)16(17(30)19(25)26)20(31)27(25,33)23(26)28(14)10-24(18,5)21(15)34-13(4)29/h11,14-21,23,30-31,33H,3,6-10H2,1-2,4-5H3/t11-,14+,15-,16-,17-,18-,19-,20-,21-,23+,24+,25-,26+,27+/m1/s1. The van der Waals surface area contributed by atoms with Crippen LogP contribution in [0, 0.1) is 39.9 Å². The smallest absolute Gasteiger partial charge is 0.309 e. The molecule has 9 aliphatic rings. The molecular formula is C27H37NO7. The van der Waals surface area contributed by atoms with E-state index < -0.39 is 58.1 Å². The van der Waals surface area contributed by atoms with Gasteiger partial charge in [-0.05, 0) is 31.6 Å². The lowest BCUT2D eigenvalue weighted by Gasteiger charge is -2.68. The fraction of sp³-hybridized carbons (Fsp3) is 0.852. The lowest BCUT2D eigenvalue weighted by Crippen LogP contribution is -2.76. The van der Waals surface area contributed by atoms with E-state index in [0.717, 1.165) is 5.57 Å². The zero-order chi connectivity index (χ0) is 25.0. The van der Waals surface area contributed by atoms with Crippen LogP contribution >= 0.6 is 0 Å². The minimum absolute atomic E-state index is 0.0713. The summed E-state index contributed by atoms with van der Waals surface area (Å²) in [6.45, 7) is 12.1. The summed E-state index contributed by atoms with van der Waals surface area (Å²) in [5.41, 5.74) is -2.15. The molecule has 2 spiro atoms. The SMILES string of the molecule is C=C1C[C@@]23C[C@H]4[C@@H]5[C@]6(C)CN4[C@H]4[C@]5(C[C@@H](OC(=O)[C@H](C)CC)[C@H]6OC(C)=O)[C@@H]2[C@H](O)[C@@H]1[C@@H](O)[C@]43O. The molecule has 9 fully saturated rings. The number of aliphatic hydroxyl groups excluding tert-OH is 2. The topological polar surface area (TPSA) is 117 Å². The molecule has 6 saturated carbocycles. The van der Waals surface area contributed by atoms with Crippen molar-refractivity contribution >= 4 is 11.9 Å². The zero-order valence-corrected chi connectivity index (χ0v) is 20.9. The number of carbonyl (C=O) groups is 2. The highest BCUT2D eigenvalue weighted by Gasteiger charge is 2.95. The number of hydrogen-bond donors (Lipinski definition) is 3. The van der Waals surface area contributed by atoms with Crippen LogP contribution in [0.1, 0.15) is 53.4 Å². The maximum atomic E-state index is 13.0. The van der Waals surface area contributed by atoms with Crippen LogP contribution in [-0.2, 0) is 19.1 Å². The molecule has 3 heterocycles. The third kappa shape index (κ3) is 2.05. The van der Waals surface area contributed by atoms with E-state index in [0.29, 0.717) is 32.2 Å². The van der Waals surface area contributed by atoms with Gasteiger partial charge in [-0.1, -0.05) is 32.9 Å². The molecule has 0 amide bonds. The van der Waals surface area contributed by atoms with Gasteiger partial charge in [-0.15, -0.1) is 0 Å². The zero-order valence-electron chi connectivity index (χ0n) is 20.9. The number of ether oxygens (including phenoxy) is 2. The summed E-state index contributed by atoms with van der Waals surface area (Å²) in [6.07, 6.45) is -0.752. The minimum Gasteiger partial charge on any atom is -0.458 e. The van der Waals surface area contributed by atoms with E-state index in [-0.39, 0.29) is 35.8 Å². The van der Waals surface area contributed by atoms with Crippen molar-refractivity contribution < 1.29 is 34.4 Å². The Labute approximate surface area is 205 Å². The third-order valence-electron chi connectivity index (χ3n) is 12.1. The number of hydrogen-bond acceptors (Lipinski definition) is 8. The number of fused-ring (bicyclic) bond motifs is 1. The molecule has 1 unspecified atom stereocenters. The molecule has 8 heteroatoms. The molecule has 0 aromatic rings. The molecule has 192 valence electrons. The molecule has 0 radical (unpaired) electrons. The van der Waals surface area contributed by atoms with Gasteiger partial charge in [0.1, 0.15) is 17.8 Å². The predicted molar refractivity (Wildman–Crippen MR) is 123 cm³/mol. The summed E-state index contributed by atoms with van der Waals surface area (Å²) >= 11 is 0. The molecule has 9 rings (SSSR count). The summed E-state index contributed by atoms with van der Waals surface area (Å²) in [6, 6.07) is -0.143. The van der Waals surface area contributed by atoms with E-state index in [4.69, 9.17) is 9.47 Å². The Morgan fingerprint density at radius 1 is 1.23 bits per heavy atom. The first-order chi connectivity index (χ1) is 16.4. The highest BCUT2D eigenvalue weighted by atomic mass is 16.6. The Morgan fingerprint density at radius 2 is 1.94 bits per heavy atom. The third-order valence-corrected chi connectivity index (χ3v) is 12.1. The van der Waals surface area contributed by atoms with Crippen LogP contribution in [0.15, 0.2) is 12.2 Å². The fourth-order valence-corrected chi connectivity index (χ4v) is 11.5. The molecule has 6 aliphatic carbocycles. The average Bonchev–Trinajstić information content (AvgIpc) is 3.21. The molecular weight excluding hydrogens is 450 g/mol. The van der Waals surface area contributed by atoms with Crippen molar-refractivity contribution in [3.63, 3.8) is 0 Å². The van der Waals surface area contributed by atoms with Gasteiger partial charge in [0.05, 0.1) is 18.1 Å². The second kappa shape index (κ2) is 6.32. The molecule has 3 saturated heterocycles. The van der Waals surface area contributed by atoms with Gasteiger partial charge in [0, 0.05) is 53.6 Å². The number of aliphatic hydroxyl groups is 3. The fourth-order valence-electron chi connectivity index (χ4n) is 11.5. The van der Waals surface area contributed by atoms with Gasteiger partial charge >= 0.3 is 11.9 Å². The quantitative estimate of drug-likeness (QED) is 0.398. The predicted octanol–water partition coefficient (Wildman–Crippen LogP) is 1.02. The summed E-state index contributed by atoms with van der Waals surface area (Å²) in [5, 5.41) is 35.8. The van der Waals surface area contributed by atoms with Crippen molar-refractivity contribution in [1.29, 1.82) is 0 Å². The van der Waals surface area contributed by atoms with E-state index in [1.54, 1.807) is 0 Å². The number of nitrogens with zero attached hydrogens (tertiary/aromatic N) is 1. The van der Waals surface area contributed by atoms with Crippen LogP contribution < -0.4 is 0 Å². The summed E-state index contributed by atoms with van der Waals surface area (Å²) in [4.78, 5) is 27.6. The van der Waals surface area contributed by atoms with Gasteiger partial charge in [-0.25, -0.2) is 0 Å². The lowest BCUT2D eigenvalue weighted by atomic mass is 9.38. The second-order valence-electron chi connectivity index (χ2n) is 13.2. The molecule has 0 aromatic heterocycles. The minimum atomic E-state index is -1.34. The molecule has 9 bridgehead atoms. The molecule has 8 nitrogen and oxygen atoms in total. The average molecular weight is 488 g/mol. The Kier molecular flexibility index (Phi) is 4.10. The number of esters is 2. The Bertz CT molecular complexity index is 1060. The first-order valence-electron chi connectivity index (χ1n) is 13.3. The Morgan fingerprint density at radius 3 is 2.60 bits per heavy atom. The molecule has 3 N–H and O–H groups in total. The molecule has 35 heavy (non-hydrogen) atoms. The molecule has 15 atom stereocenters. The summed E-state index contributed by atoms with van der Waals surface area (Å²) in [7, 11) is 0. The lowest BCUT2D eigenvalue weighted by molar-refractivity contribution is -0.282. The van der Waals surface area contributed by atoms with Crippen LogP contribution in [0.4, 0.5) is 0 Å². The van der Waals surface area contributed by atoms with Crippen molar-refractivity contribution in [2.45, 2.75) is 95.5 Å². The first kappa shape index (κ1) is 22.7. The van der Waals surface area contributed by atoms with Crippen LogP contribution in [0.25, 0.3) is 0 Å². The van der Waals surface area contributed by atoms with Crippen LogP contribution in [0.5, 0.6) is 0 Å². The van der Waals surface area contributed by atoms with Crippen molar-refractivity contribution in [2.24, 2.45) is 39.9 Å². The van der Waals surface area contributed by atoms with Gasteiger partial charge in [0.25, 0.3) is 0 Å². The van der Waals surface area contributed by atoms with Gasteiger partial charge < -0.3 is 24.8 Å². The van der Waals surface area contributed by atoms with Gasteiger partial charge in [0.15, 0.2) is 0 Å². The van der Waals surface area contributed by atoms with Gasteiger partial charge in [0.2, 0.25) is 0 Å². The first-order valence-corrected chi connectivity index (χ1v) is 13.3. The van der Waals surface area contributed by atoms with Gasteiger partial charge in [-0.2, -0.15) is 0 Å². The summed E-state index contributed by atoms with van der Waals surface area (Å²) in [5.74, 6) is -1.69. The van der Waals surface area contributed by atoms with E-state index in [2.05, 4.69) is 18.4 Å². The largest absolute Gasteiger partial charge is 0.458 e. The Hall–Kier alpha value is -1.48. The van der Waals surface area contributed by atoms with Crippen LogP contribution in [0.2, 0.25) is 0 Å². The molecule has 0 aromatic carbocycles. The van der Waals surface area contributed by atoms with Crippen molar-refractivity contribution in [1.82, 2.24) is 4.90 Å². The maximum absolute atomic E-state index is 13.0. The summed E-state index contributed by atoms with van der Waals surface area (Å²) < 4.78 is 12.1. The van der Waals surface area contributed by atoms with E-state index in [1.807, 2.05) is 13.8 Å². The van der Waals surface area contributed by atoms with Crippen LogP contribution in [-0.4, -0.2) is 80.8 Å². The Balaban J connectivity index is 1.40. The maximum Gasteiger partial charge on any atom is 0.309 e.